The molecule has 2 radical (unpaired) electrons. The summed E-state index contributed by atoms with van der Waals surface area (Å²) in [6.45, 7) is 14.4. The summed E-state index contributed by atoms with van der Waals surface area (Å²) in [5, 5.41) is 0. The van der Waals surface area contributed by atoms with E-state index >= 15 is 0 Å². The van der Waals surface area contributed by atoms with Crippen LogP contribution in [0.4, 0.5) is 0 Å². The second-order valence-electron chi connectivity index (χ2n) is 5.41. The predicted molar refractivity (Wildman–Crippen MR) is 75.2 cm³/mol. The van der Waals surface area contributed by atoms with Gasteiger partial charge in [0.15, 0.2) is 25.2 Å². The zero-order valence-corrected chi connectivity index (χ0v) is 15.4. The van der Waals surface area contributed by atoms with Crippen molar-refractivity contribution in [3.05, 3.63) is 0 Å². The van der Waals surface area contributed by atoms with Crippen molar-refractivity contribution in [1.82, 2.24) is 13.2 Å². The lowest BCUT2D eigenvalue weighted by Crippen LogP contribution is -2.88. The second-order valence-corrected chi connectivity index (χ2v) is 20.8. The third-order valence-electron chi connectivity index (χ3n) is 2.44. The average Bonchev–Trinajstić information content (AvgIpc) is 1.76. The molecule has 0 saturated carbocycles. The van der Waals surface area contributed by atoms with Crippen molar-refractivity contribution in [2.75, 3.05) is 0 Å². The summed E-state index contributed by atoms with van der Waals surface area (Å²) >= 11 is 3.66. The molecule has 0 spiro atoms. The Labute approximate surface area is 101 Å². The first-order valence-electron chi connectivity index (χ1n) is 4.86. The molecule has 1 heterocycles. The molecule has 1 aliphatic heterocycles. The summed E-state index contributed by atoms with van der Waals surface area (Å²) in [4.78, 5) is 0. The van der Waals surface area contributed by atoms with Crippen molar-refractivity contribution in [2.24, 2.45) is 0 Å². The fourth-order valence-corrected chi connectivity index (χ4v) is 33.8. The first kappa shape index (κ1) is 13.3. The van der Waals surface area contributed by atoms with Crippen LogP contribution in [0.3, 0.4) is 0 Å². The Kier molecular flexibility index (Phi) is 3.71. The minimum atomic E-state index is -1.38. The smallest absolute Gasteiger partial charge is 0.225 e. The molecule has 1 saturated heterocycles. The van der Waals surface area contributed by atoms with E-state index in [4.69, 9.17) is 0 Å². The summed E-state index contributed by atoms with van der Waals surface area (Å²) in [5.41, 5.74) is 0. The van der Waals surface area contributed by atoms with Gasteiger partial charge in [-0.15, -0.1) is 15.3 Å². The number of nitrogens with one attached hydrogen (secondary N) is 2. The molecule has 0 aromatic carbocycles. The SMILES string of the molecule is C[Si]1(C)N[Si](C)(C)N([Si]Br)[Si](C)(C)N1. The lowest BCUT2D eigenvalue weighted by atomic mass is 11.9. The molecule has 0 bridgehead atoms. The van der Waals surface area contributed by atoms with Gasteiger partial charge in [-0.3, -0.25) is 0 Å². The highest BCUT2D eigenvalue weighted by atomic mass is 79.9. The number of halogens is 1. The topological polar surface area (TPSA) is 27.3 Å². The van der Waals surface area contributed by atoms with Crippen molar-refractivity contribution < 1.29 is 0 Å². The molecule has 0 aromatic heterocycles. The molecule has 0 atom stereocenters. The third kappa shape index (κ3) is 2.67. The van der Waals surface area contributed by atoms with E-state index in [1.54, 1.807) is 0 Å². The van der Waals surface area contributed by atoms with E-state index in [1.165, 1.54) is 0 Å². The Hall–Kier alpha value is 1.23. The fraction of sp³-hybridized carbons (Fsp3) is 1.00. The van der Waals surface area contributed by atoms with Crippen LogP contribution in [-0.4, -0.2) is 37.4 Å². The number of nitrogens with zero attached hydrogens (tertiary/aromatic N) is 1. The largest absolute Gasteiger partial charge is 0.337 e. The molecule has 1 aliphatic rings. The maximum absolute atomic E-state index is 3.89. The highest BCUT2D eigenvalue weighted by Crippen LogP contribution is 2.23. The van der Waals surface area contributed by atoms with Gasteiger partial charge >= 0.3 is 0 Å². The van der Waals surface area contributed by atoms with Crippen LogP contribution >= 0.6 is 15.3 Å². The van der Waals surface area contributed by atoms with Gasteiger partial charge in [-0.05, 0) is 39.3 Å². The van der Waals surface area contributed by atoms with Crippen LogP contribution in [0, 0.1) is 0 Å². The summed E-state index contributed by atoms with van der Waals surface area (Å²) in [7, 11) is -3.36. The van der Waals surface area contributed by atoms with Crippen LogP contribution in [0.15, 0.2) is 0 Å². The Morgan fingerprint density at radius 3 is 1.57 bits per heavy atom. The Balaban J connectivity index is 2.99. The number of hydrogen-bond acceptors (Lipinski definition) is 3. The lowest BCUT2D eigenvalue weighted by Gasteiger charge is -2.56. The fourth-order valence-electron chi connectivity index (χ4n) is 2.58. The van der Waals surface area contributed by atoms with Gasteiger partial charge in [-0.1, -0.05) is 0 Å². The second kappa shape index (κ2) is 3.91. The quantitative estimate of drug-likeness (QED) is 0.565. The molecule has 8 heteroatoms. The molecule has 1 rings (SSSR count). The van der Waals surface area contributed by atoms with Gasteiger partial charge in [0.25, 0.3) is 0 Å². The maximum atomic E-state index is 3.89. The molecule has 0 unspecified atom stereocenters. The Morgan fingerprint density at radius 2 is 1.29 bits per heavy atom. The molecule has 82 valence electrons. The van der Waals surface area contributed by atoms with Gasteiger partial charge < -0.3 is 13.2 Å². The highest BCUT2D eigenvalue weighted by Gasteiger charge is 2.50. The van der Waals surface area contributed by atoms with Gasteiger partial charge in [0.1, 0.15) is 0 Å². The first-order valence-corrected chi connectivity index (χ1v) is 17.0. The van der Waals surface area contributed by atoms with E-state index < -0.39 is 25.2 Å². The number of rotatable bonds is 1. The Morgan fingerprint density at radius 1 is 0.929 bits per heavy atom. The maximum Gasteiger partial charge on any atom is 0.225 e. The van der Waals surface area contributed by atoms with Crippen LogP contribution in [0.1, 0.15) is 0 Å². The molecule has 3 nitrogen and oxygen atoms in total. The molecule has 0 amide bonds. The van der Waals surface area contributed by atoms with Crippen LogP contribution in [0.5, 0.6) is 0 Å². The minimum absolute atomic E-state index is 0.752. The molecular weight excluding hydrogens is 306 g/mol. The van der Waals surface area contributed by atoms with Gasteiger partial charge in [0, 0.05) is 0 Å². The normalized spacial score (nSPS) is 30.2. The Bertz CT molecular complexity index is 213. The van der Waals surface area contributed by atoms with E-state index in [0.717, 1.165) is 8.30 Å². The van der Waals surface area contributed by atoms with Crippen LogP contribution in [0.2, 0.25) is 39.3 Å². The zero-order valence-electron chi connectivity index (χ0n) is 9.83. The summed E-state index contributed by atoms with van der Waals surface area (Å²) in [5.74, 6) is 0. The average molecular weight is 326 g/mol. The molecular formula is C6H20BrN3Si4. The van der Waals surface area contributed by atoms with Gasteiger partial charge in [-0.2, -0.15) is 0 Å². The van der Waals surface area contributed by atoms with Crippen molar-refractivity contribution in [3.8, 4) is 0 Å². The molecule has 14 heavy (non-hydrogen) atoms. The zero-order chi connectivity index (χ0) is 11.2. The highest BCUT2D eigenvalue weighted by molar-refractivity contribution is 9.23. The van der Waals surface area contributed by atoms with Crippen molar-refractivity contribution in [3.63, 3.8) is 0 Å². The van der Waals surface area contributed by atoms with Gasteiger partial charge in [0.2, 0.25) is 8.30 Å². The van der Waals surface area contributed by atoms with Crippen molar-refractivity contribution in [1.29, 1.82) is 0 Å². The van der Waals surface area contributed by atoms with E-state index in [1.807, 2.05) is 0 Å². The van der Waals surface area contributed by atoms with E-state index in [0.29, 0.717) is 0 Å². The number of hydrogen-bond donors (Lipinski definition) is 2. The summed E-state index contributed by atoms with van der Waals surface area (Å²) in [6, 6.07) is 0. The minimum Gasteiger partial charge on any atom is -0.337 e. The third-order valence-corrected chi connectivity index (χ3v) is 25.1. The van der Waals surface area contributed by atoms with E-state index in [2.05, 4.69) is 67.8 Å². The van der Waals surface area contributed by atoms with Crippen molar-refractivity contribution in [2.45, 2.75) is 39.3 Å². The lowest BCUT2D eigenvalue weighted by molar-refractivity contribution is 0.853. The molecule has 2 N–H and O–H groups in total. The molecule has 0 aromatic rings. The molecule has 1 fully saturated rings. The summed E-state index contributed by atoms with van der Waals surface area (Å²) in [6.07, 6.45) is 0. The van der Waals surface area contributed by atoms with Gasteiger partial charge in [0.05, 0.1) is 0 Å². The predicted octanol–water partition coefficient (Wildman–Crippen LogP) is 1.52. The molecule has 0 aliphatic carbocycles. The summed E-state index contributed by atoms with van der Waals surface area (Å²) < 4.78 is 10.5. The van der Waals surface area contributed by atoms with Crippen LogP contribution in [-0.2, 0) is 0 Å². The van der Waals surface area contributed by atoms with E-state index in [9.17, 15) is 0 Å². The van der Waals surface area contributed by atoms with Crippen LogP contribution < -0.4 is 9.30 Å². The van der Waals surface area contributed by atoms with Gasteiger partial charge in [-0.25, -0.2) is 0 Å². The van der Waals surface area contributed by atoms with Crippen LogP contribution in [0.25, 0.3) is 0 Å². The monoisotopic (exact) mass is 325 g/mol. The van der Waals surface area contributed by atoms with E-state index in [-0.39, 0.29) is 0 Å². The van der Waals surface area contributed by atoms with Crippen molar-refractivity contribution >= 4 is 48.8 Å². The standard InChI is InChI=1S/C6H20BrN3Si4/c1-12(2)8-13(3,4)10(11-7)14(5,6)9-12/h8-9H,1-6H3. The first-order chi connectivity index (χ1) is 6.11.